The fraction of sp³-hybridized carbons (Fsp3) is 0.769. The molecule has 0 aromatic heterocycles. The number of fused-ring (bicyclic) bond motifs is 1. The molecule has 0 aliphatic carbocycles. The van der Waals surface area contributed by atoms with Crippen LogP contribution < -0.4 is 5.73 Å². The predicted octanol–water partition coefficient (Wildman–Crippen LogP) is -0.162. The van der Waals surface area contributed by atoms with Crippen molar-refractivity contribution >= 4 is 17.6 Å². The van der Waals surface area contributed by atoms with Gasteiger partial charge in [-0.3, -0.25) is 9.59 Å². The van der Waals surface area contributed by atoms with Crippen molar-refractivity contribution in [2.24, 2.45) is 22.7 Å². The smallest absolute Gasteiger partial charge is 0.233 e. The summed E-state index contributed by atoms with van der Waals surface area (Å²) in [5.74, 6) is -0.631. The molecule has 2 fully saturated rings. The first-order valence-electron chi connectivity index (χ1n) is 7.01. The molecule has 0 spiro atoms. The number of amidine groups is 1. The van der Waals surface area contributed by atoms with Crippen LogP contribution >= 0.6 is 0 Å². The van der Waals surface area contributed by atoms with Crippen LogP contribution in [0.5, 0.6) is 0 Å². The zero-order valence-electron chi connectivity index (χ0n) is 12.0. The van der Waals surface area contributed by atoms with Crippen molar-refractivity contribution < 1.29 is 14.8 Å². The molecule has 2 aliphatic heterocycles. The molecule has 2 rings (SSSR count). The molecule has 0 radical (unpaired) electrons. The normalized spacial score (nSPS) is 25.1. The van der Waals surface area contributed by atoms with E-state index >= 15 is 0 Å². The molecule has 0 bridgehead atoms. The molecular weight excluding hydrogens is 260 g/mol. The Balaban J connectivity index is 2.08. The van der Waals surface area contributed by atoms with Crippen LogP contribution in [0.4, 0.5) is 0 Å². The summed E-state index contributed by atoms with van der Waals surface area (Å²) in [5.41, 5.74) is 5.64. The Hall–Kier alpha value is -1.79. The van der Waals surface area contributed by atoms with Gasteiger partial charge in [-0.05, 0) is 12.3 Å². The van der Waals surface area contributed by atoms with E-state index in [1.165, 1.54) is 0 Å². The molecule has 0 saturated carbocycles. The third-order valence-corrected chi connectivity index (χ3v) is 4.17. The van der Waals surface area contributed by atoms with Gasteiger partial charge in [0.1, 0.15) is 5.92 Å². The van der Waals surface area contributed by atoms with Gasteiger partial charge >= 0.3 is 0 Å². The van der Waals surface area contributed by atoms with Gasteiger partial charge in [0.2, 0.25) is 11.8 Å². The van der Waals surface area contributed by atoms with Crippen LogP contribution in [0, 0.1) is 11.8 Å². The minimum Gasteiger partial charge on any atom is -0.409 e. The lowest BCUT2D eigenvalue weighted by atomic mass is 9.92. The predicted molar refractivity (Wildman–Crippen MR) is 73.1 cm³/mol. The summed E-state index contributed by atoms with van der Waals surface area (Å²) in [5, 5.41) is 11.8. The number of carbonyl (C=O) groups excluding carboxylic acids is 2. The molecule has 2 heterocycles. The molecule has 0 aromatic rings. The van der Waals surface area contributed by atoms with Crippen LogP contribution in [0.15, 0.2) is 5.16 Å². The summed E-state index contributed by atoms with van der Waals surface area (Å²) < 4.78 is 0. The van der Waals surface area contributed by atoms with Gasteiger partial charge in [0.05, 0.1) is 0 Å². The van der Waals surface area contributed by atoms with Crippen molar-refractivity contribution in [3.63, 3.8) is 0 Å². The largest absolute Gasteiger partial charge is 0.409 e. The van der Waals surface area contributed by atoms with E-state index < -0.39 is 5.92 Å². The van der Waals surface area contributed by atoms with Crippen LogP contribution in [-0.2, 0) is 9.59 Å². The topological polar surface area (TPSA) is 99.2 Å². The van der Waals surface area contributed by atoms with Crippen molar-refractivity contribution in [2.75, 3.05) is 19.6 Å². The molecule has 20 heavy (non-hydrogen) atoms. The Morgan fingerprint density at radius 2 is 2.15 bits per heavy atom. The molecule has 2 unspecified atom stereocenters. The van der Waals surface area contributed by atoms with Crippen molar-refractivity contribution in [3.8, 4) is 0 Å². The maximum Gasteiger partial charge on any atom is 0.233 e. The maximum atomic E-state index is 12.6. The number of amides is 2. The highest BCUT2D eigenvalue weighted by atomic mass is 16.4. The van der Waals surface area contributed by atoms with Crippen molar-refractivity contribution in [1.82, 2.24) is 9.80 Å². The average Bonchev–Trinajstić information content (AvgIpc) is 2.79. The lowest BCUT2D eigenvalue weighted by Gasteiger charge is -2.39. The number of oxime groups is 1. The summed E-state index contributed by atoms with van der Waals surface area (Å²) in [4.78, 5) is 27.8. The number of carbonyl (C=O) groups is 2. The first-order valence-corrected chi connectivity index (χ1v) is 7.01. The lowest BCUT2D eigenvalue weighted by molar-refractivity contribution is -0.141. The van der Waals surface area contributed by atoms with E-state index in [9.17, 15) is 9.59 Å². The minimum absolute atomic E-state index is 0.0401. The Kier molecular flexibility index (Phi) is 4.15. The zero-order chi connectivity index (χ0) is 14.9. The van der Waals surface area contributed by atoms with E-state index in [-0.39, 0.29) is 29.6 Å². The number of rotatable bonds is 3. The second kappa shape index (κ2) is 5.68. The quantitative estimate of drug-likeness (QED) is 0.325. The summed E-state index contributed by atoms with van der Waals surface area (Å²) in [6.07, 6.45) is 1.37. The Labute approximate surface area is 118 Å². The fourth-order valence-corrected chi connectivity index (χ4v) is 3.08. The van der Waals surface area contributed by atoms with Crippen LogP contribution in [0.3, 0.4) is 0 Å². The molecule has 2 aliphatic rings. The second-order valence-corrected chi connectivity index (χ2v) is 5.81. The van der Waals surface area contributed by atoms with E-state index in [0.717, 1.165) is 6.42 Å². The molecule has 0 aromatic carbocycles. The van der Waals surface area contributed by atoms with Gasteiger partial charge in [-0.2, -0.15) is 0 Å². The Morgan fingerprint density at radius 3 is 2.75 bits per heavy atom. The number of piperazine rings is 1. The lowest BCUT2D eigenvalue weighted by Crippen LogP contribution is -2.56. The van der Waals surface area contributed by atoms with E-state index in [0.29, 0.717) is 26.1 Å². The highest BCUT2D eigenvalue weighted by Crippen LogP contribution is 2.25. The maximum absolute atomic E-state index is 12.6. The SMILES string of the molecule is CC(C)C(C(=O)N1CCN2C(=O)CCC2C1)C(N)=NO. The van der Waals surface area contributed by atoms with Crippen molar-refractivity contribution in [3.05, 3.63) is 0 Å². The molecule has 7 heteroatoms. The number of nitrogens with two attached hydrogens (primary N) is 1. The number of hydrogen-bond acceptors (Lipinski definition) is 4. The van der Waals surface area contributed by atoms with Gasteiger partial charge in [0.25, 0.3) is 0 Å². The van der Waals surface area contributed by atoms with Crippen LogP contribution in [0.2, 0.25) is 0 Å². The molecule has 2 atom stereocenters. The summed E-state index contributed by atoms with van der Waals surface area (Å²) in [7, 11) is 0. The van der Waals surface area contributed by atoms with Gasteiger partial charge in [-0.15, -0.1) is 0 Å². The Morgan fingerprint density at radius 1 is 1.45 bits per heavy atom. The van der Waals surface area contributed by atoms with Gasteiger partial charge in [-0.1, -0.05) is 19.0 Å². The molecular formula is C13H22N4O3. The minimum atomic E-state index is -0.608. The molecule has 3 N–H and O–H groups in total. The third kappa shape index (κ3) is 2.57. The van der Waals surface area contributed by atoms with Crippen molar-refractivity contribution in [2.45, 2.75) is 32.7 Å². The van der Waals surface area contributed by atoms with E-state index in [2.05, 4.69) is 5.16 Å². The average molecular weight is 282 g/mol. The standard InChI is InChI=1S/C13H22N4O3/c1-8(2)11(12(14)15-20)13(19)16-5-6-17-9(7-16)3-4-10(17)18/h8-9,11,20H,3-7H2,1-2H3,(H2,14,15). The Bertz CT molecular complexity index is 435. The third-order valence-electron chi connectivity index (χ3n) is 4.17. The summed E-state index contributed by atoms with van der Waals surface area (Å²) in [6, 6.07) is 0.125. The molecule has 7 nitrogen and oxygen atoms in total. The highest BCUT2D eigenvalue weighted by Gasteiger charge is 2.39. The van der Waals surface area contributed by atoms with E-state index in [1.807, 2.05) is 18.7 Å². The van der Waals surface area contributed by atoms with Crippen LogP contribution in [0.1, 0.15) is 26.7 Å². The highest BCUT2D eigenvalue weighted by molar-refractivity contribution is 6.02. The van der Waals surface area contributed by atoms with Gasteiger partial charge in [0.15, 0.2) is 5.84 Å². The fourth-order valence-electron chi connectivity index (χ4n) is 3.08. The first kappa shape index (κ1) is 14.6. The second-order valence-electron chi connectivity index (χ2n) is 5.81. The summed E-state index contributed by atoms with van der Waals surface area (Å²) in [6.45, 7) is 5.39. The zero-order valence-corrected chi connectivity index (χ0v) is 12.0. The summed E-state index contributed by atoms with van der Waals surface area (Å²) >= 11 is 0. The van der Waals surface area contributed by atoms with Gasteiger partial charge in [-0.25, -0.2) is 0 Å². The van der Waals surface area contributed by atoms with Crippen LogP contribution in [-0.4, -0.2) is 58.3 Å². The number of hydrogen-bond donors (Lipinski definition) is 2. The van der Waals surface area contributed by atoms with Crippen molar-refractivity contribution in [1.29, 1.82) is 0 Å². The first-order chi connectivity index (χ1) is 9.45. The van der Waals surface area contributed by atoms with Gasteiger partial charge in [0, 0.05) is 32.1 Å². The van der Waals surface area contributed by atoms with Gasteiger partial charge < -0.3 is 20.7 Å². The molecule has 2 saturated heterocycles. The van der Waals surface area contributed by atoms with E-state index in [1.54, 1.807) is 4.90 Å². The molecule has 112 valence electrons. The number of nitrogens with zero attached hydrogens (tertiary/aromatic N) is 3. The molecule has 2 amide bonds. The van der Waals surface area contributed by atoms with E-state index in [4.69, 9.17) is 10.9 Å². The van der Waals surface area contributed by atoms with Crippen LogP contribution in [0.25, 0.3) is 0 Å². The monoisotopic (exact) mass is 282 g/mol.